The molecular weight excluding hydrogens is 110 g/mol. The van der Waals surface area contributed by atoms with Crippen LogP contribution in [-0.4, -0.2) is 6.29 Å². The minimum absolute atomic E-state index is 0. The van der Waals surface area contributed by atoms with Crippen molar-refractivity contribution in [2.45, 2.75) is 0 Å². The maximum Gasteiger partial charge on any atom is 1.00 e. The van der Waals surface area contributed by atoms with Gasteiger partial charge >= 0.3 is 29.6 Å². The van der Waals surface area contributed by atoms with Gasteiger partial charge < -0.3 is 5.11 Å². The molecule has 0 heterocycles. The number of allylic oxidation sites excluding steroid dienone is 1. The summed E-state index contributed by atoms with van der Waals surface area (Å²) in [6.45, 7) is 0. The molecule has 0 fully saturated rings. The summed E-state index contributed by atoms with van der Waals surface area (Å²) in [6.07, 6.45) is -0.292. The predicted molar refractivity (Wildman–Crippen MR) is 15.3 cm³/mol. The molecule has 0 aliphatic rings. The molecule has 2 nitrogen and oxygen atoms in total. The molecule has 0 aliphatic carbocycles. The van der Waals surface area contributed by atoms with Crippen molar-refractivity contribution in [1.29, 1.82) is 0 Å². The van der Waals surface area contributed by atoms with Gasteiger partial charge in [-0.3, -0.25) is 4.79 Å². The maximum atomic E-state index is 11.0. The van der Waals surface area contributed by atoms with Gasteiger partial charge in [0.15, 0.2) is 6.29 Å². The first-order valence-electron chi connectivity index (χ1n) is 1.24. The molecule has 0 bridgehead atoms. The molecule has 4 heteroatoms. The van der Waals surface area contributed by atoms with Gasteiger partial charge in [0.2, 0.25) is 0 Å². The zero-order valence-electron chi connectivity index (χ0n) is 3.85. The molecular formula is C3H2FNaO2. The molecule has 0 N–H and O–H groups in total. The molecule has 0 spiro atoms. The van der Waals surface area contributed by atoms with E-state index in [1.54, 1.807) is 0 Å². The fourth-order valence-corrected chi connectivity index (χ4v) is 0.0278. The van der Waals surface area contributed by atoms with E-state index in [9.17, 15) is 4.39 Å². The molecule has 0 aromatic rings. The predicted octanol–water partition coefficient (Wildman–Crippen LogP) is -3.64. The van der Waals surface area contributed by atoms with Crippen molar-refractivity contribution in [3.63, 3.8) is 0 Å². The smallest absolute Gasteiger partial charge is 0.876 e. The van der Waals surface area contributed by atoms with Gasteiger partial charge in [0, 0.05) is 0 Å². The maximum absolute atomic E-state index is 11.0. The number of carbonyl (C=O) groups is 1. The normalized spacial score (nSPS) is 9.57. The third-order valence-corrected chi connectivity index (χ3v) is 0.225. The van der Waals surface area contributed by atoms with Gasteiger partial charge in [0.05, 0.1) is 0 Å². The van der Waals surface area contributed by atoms with Crippen LogP contribution in [0, 0.1) is 0 Å². The second kappa shape index (κ2) is 6.14. The van der Waals surface area contributed by atoms with Crippen LogP contribution in [0.1, 0.15) is 0 Å². The number of rotatable bonds is 1. The van der Waals surface area contributed by atoms with E-state index in [0.717, 1.165) is 0 Å². The molecule has 0 amide bonds. The summed E-state index contributed by atoms with van der Waals surface area (Å²) in [4.78, 5) is 9.09. The van der Waals surface area contributed by atoms with Gasteiger partial charge in [-0.2, -0.15) is 0 Å². The van der Waals surface area contributed by atoms with E-state index in [1.165, 1.54) is 0 Å². The van der Waals surface area contributed by atoms with E-state index in [2.05, 4.69) is 0 Å². The fourth-order valence-electron chi connectivity index (χ4n) is 0.0278. The summed E-state index contributed by atoms with van der Waals surface area (Å²) in [5, 5.41) is 9.09. The number of halogens is 1. The Morgan fingerprint density at radius 2 is 2.14 bits per heavy atom. The molecule has 0 atom stereocenters. The van der Waals surface area contributed by atoms with Crippen LogP contribution in [0.5, 0.6) is 0 Å². The Labute approximate surface area is 62.3 Å². The van der Waals surface area contributed by atoms with Crippen LogP contribution in [-0.2, 0) is 4.79 Å². The Kier molecular flexibility index (Phi) is 8.94. The molecule has 0 rings (SSSR count). The van der Waals surface area contributed by atoms with Crippen LogP contribution in [0.15, 0.2) is 12.1 Å². The van der Waals surface area contributed by atoms with Crippen LogP contribution < -0.4 is 34.7 Å². The first-order valence-corrected chi connectivity index (χ1v) is 1.24. The third-order valence-electron chi connectivity index (χ3n) is 0.225. The average Bonchev–Trinajstić information content (AvgIpc) is 1.65. The van der Waals surface area contributed by atoms with Crippen LogP contribution in [0.4, 0.5) is 4.39 Å². The quantitative estimate of drug-likeness (QED) is 0.152. The molecule has 0 saturated carbocycles. The van der Waals surface area contributed by atoms with Gasteiger partial charge in [-0.25, -0.2) is 4.39 Å². The Balaban J connectivity index is 0. The first kappa shape index (κ1) is 10.2. The Hall–Kier alpha value is 0.140. The van der Waals surface area contributed by atoms with E-state index in [4.69, 9.17) is 9.90 Å². The van der Waals surface area contributed by atoms with Crippen molar-refractivity contribution in [3.05, 3.63) is 12.1 Å². The van der Waals surface area contributed by atoms with Gasteiger partial charge in [0.1, 0.15) is 5.83 Å². The Morgan fingerprint density at radius 1 is 1.71 bits per heavy atom. The van der Waals surface area contributed by atoms with Gasteiger partial charge in [0.25, 0.3) is 0 Å². The van der Waals surface area contributed by atoms with Crippen molar-refractivity contribution in [2.75, 3.05) is 0 Å². The van der Waals surface area contributed by atoms with Gasteiger partial charge in [-0.05, 0) is 0 Å². The monoisotopic (exact) mass is 112 g/mol. The Morgan fingerprint density at radius 3 is 2.14 bits per heavy atom. The summed E-state index contributed by atoms with van der Waals surface area (Å²) in [5.41, 5.74) is 0. The fraction of sp³-hybridized carbons (Fsp3) is 0. The van der Waals surface area contributed by atoms with Crippen LogP contribution in [0.3, 0.4) is 0 Å². The van der Waals surface area contributed by atoms with Crippen LogP contribution in [0.25, 0.3) is 0 Å². The van der Waals surface area contributed by atoms with Crippen molar-refractivity contribution in [3.8, 4) is 0 Å². The van der Waals surface area contributed by atoms with Crippen LogP contribution >= 0.6 is 0 Å². The van der Waals surface area contributed by atoms with E-state index in [0.29, 0.717) is 0 Å². The standard InChI is InChI=1S/C3H3FO2.Na/c4-3(1-5)2-6;/h1-2,5H;/q;+1/p-1/b3-1-;. The van der Waals surface area contributed by atoms with E-state index in [1.807, 2.05) is 0 Å². The second-order valence-corrected chi connectivity index (χ2v) is 0.621. The largest absolute Gasteiger partial charge is 1.00 e. The summed E-state index contributed by atoms with van der Waals surface area (Å²) in [6, 6.07) is 0. The zero-order chi connectivity index (χ0) is 4.99. The minimum Gasteiger partial charge on any atom is -0.876 e. The van der Waals surface area contributed by atoms with Crippen molar-refractivity contribution >= 4 is 6.29 Å². The summed E-state index contributed by atoms with van der Waals surface area (Å²) in [7, 11) is 0. The molecule has 0 aromatic heterocycles. The minimum atomic E-state index is -1.27. The molecule has 34 valence electrons. The Bertz CT molecular complexity index is 81.0. The van der Waals surface area contributed by atoms with Crippen molar-refractivity contribution < 1.29 is 43.8 Å². The van der Waals surface area contributed by atoms with Crippen molar-refractivity contribution in [2.24, 2.45) is 0 Å². The molecule has 0 saturated heterocycles. The first-order chi connectivity index (χ1) is 2.81. The topological polar surface area (TPSA) is 40.1 Å². The average molecular weight is 112 g/mol. The van der Waals surface area contributed by atoms with Crippen molar-refractivity contribution in [1.82, 2.24) is 0 Å². The molecule has 0 radical (unpaired) electrons. The number of carbonyl (C=O) groups excluding carboxylic acids is 1. The molecule has 0 aromatic carbocycles. The van der Waals surface area contributed by atoms with E-state index >= 15 is 0 Å². The zero-order valence-corrected chi connectivity index (χ0v) is 5.85. The number of aldehydes is 1. The number of hydrogen-bond donors (Lipinski definition) is 0. The van der Waals surface area contributed by atoms with E-state index < -0.39 is 5.83 Å². The van der Waals surface area contributed by atoms with Gasteiger partial charge in [-0.1, -0.05) is 0 Å². The number of hydrogen-bond acceptors (Lipinski definition) is 2. The summed E-state index contributed by atoms with van der Waals surface area (Å²) >= 11 is 0. The SMILES string of the molecule is O=C/C(F)=C/[O-].[Na+]. The molecule has 7 heavy (non-hydrogen) atoms. The van der Waals surface area contributed by atoms with Gasteiger partial charge in [-0.15, -0.1) is 6.26 Å². The molecule has 0 unspecified atom stereocenters. The second-order valence-electron chi connectivity index (χ2n) is 0.621. The summed E-state index contributed by atoms with van der Waals surface area (Å²) in [5.74, 6) is -1.27. The third kappa shape index (κ3) is 6.14. The summed E-state index contributed by atoms with van der Waals surface area (Å²) < 4.78 is 11.0. The van der Waals surface area contributed by atoms with Crippen LogP contribution in [0.2, 0.25) is 0 Å². The molecule has 0 aliphatic heterocycles. The van der Waals surface area contributed by atoms with E-state index in [-0.39, 0.29) is 42.1 Å².